The van der Waals surface area contributed by atoms with Crippen LogP contribution in [0.25, 0.3) is 0 Å². The molecule has 2 rings (SSSR count). The molecular weight excluding hydrogens is 222 g/mol. The molecule has 0 aromatic rings. The van der Waals surface area contributed by atoms with Gasteiger partial charge in [0.2, 0.25) is 5.91 Å². The fourth-order valence-electron chi connectivity index (χ4n) is 2.42. The monoisotopic (exact) mass is 243 g/mol. The van der Waals surface area contributed by atoms with Gasteiger partial charge in [-0.3, -0.25) is 4.79 Å². The highest BCUT2D eigenvalue weighted by molar-refractivity contribution is 8.01. The lowest BCUT2D eigenvalue weighted by Crippen LogP contribution is -2.35. The van der Waals surface area contributed by atoms with Gasteiger partial charge in [-0.05, 0) is 33.6 Å². The normalized spacial score (nSPS) is 35.4. The average molecular weight is 243 g/mol. The van der Waals surface area contributed by atoms with Crippen LogP contribution in [0.2, 0.25) is 0 Å². The molecule has 3 nitrogen and oxygen atoms in total. The molecule has 0 bridgehead atoms. The van der Waals surface area contributed by atoms with E-state index in [1.807, 2.05) is 16.7 Å². The van der Waals surface area contributed by atoms with Crippen molar-refractivity contribution in [2.45, 2.75) is 56.3 Å². The fraction of sp³-hybridized carbons (Fsp3) is 0.917. The Labute approximate surface area is 102 Å². The van der Waals surface area contributed by atoms with Crippen molar-refractivity contribution in [2.24, 2.45) is 0 Å². The lowest BCUT2D eigenvalue weighted by atomic mass is 10.3. The molecule has 2 aliphatic rings. The zero-order valence-electron chi connectivity index (χ0n) is 10.3. The zero-order valence-corrected chi connectivity index (χ0v) is 11.1. The largest absolute Gasteiger partial charge is 0.377 e. The molecule has 92 valence electrons. The maximum Gasteiger partial charge on any atom is 0.235 e. The van der Waals surface area contributed by atoms with Gasteiger partial charge in [0.1, 0.15) is 0 Å². The first-order chi connectivity index (χ1) is 7.59. The number of ether oxygens (including phenoxy) is 1. The van der Waals surface area contributed by atoms with Gasteiger partial charge in [-0.2, -0.15) is 0 Å². The van der Waals surface area contributed by atoms with Crippen LogP contribution in [0, 0.1) is 0 Å². The Bertz CT molecular complexity index is 270. The second-order valence-electron chi connectivity index (χ2n) is 4.94. The maximum atomic E-state index is 12.1. The van der Waals surface area contributed by atoms with Crippen LogP contribution in [0.15, 0.2) is 0 Å². The summed E-state index contributed by atoms with van der Waals surface area (Å²) in [6.07, 6.45) is 2.41. The summed E-state index contributed by atoms with van der Waals surface area (Å²) in [6, 6.07) is 0.343. The van der Waals surface area contributed by atoms with Gasteiger partial charge >= 0.3 is 0 Å². The van der Waals surface area contributed by atoms with Crippen LogP contribution in [-0.4, -0.2) is 46.6 Å². The Morgan fingerprint density at radius 2 is 2.19 bits per heavy atom. The number of hydrogen-bond donors (Lipinski definition) is 0. The molecule has 16 heavy (non-hydrogen) atoms. The van der Waals surface area contributed by atoms with Crippen LogP contribution >= 0.6 is 11.8 Å². The number of amides is 1. The van der Waals surface area contributed by atoms with Crippen molar-refractivity contribution in [1.29, 1.82) is 0 Å². The Hall–Kier alpha value is -0.220. The molecule has 4 heteroatoms. The summed E-state index contributed by atoms with van der Waals surface area (Å²) in [6.45, 7) is 8.08. The molecule has 2 fully saturated rings. The Balaban J connectivity index is 1.89. The smallest absolute Gasteiger partial charge is 0.235 e. The molecule has 1 amide bonds. The summed E-state index contributed by atoms with van der Waals surface area (Å²) in [5, 5.41) is 0.692. The number of carbonyl (C=O) groups is 1. The van der Waals surface area contributed by atoms with Crippen molar-refractivity contribution in [1.82, 2.24) is 4.90 Å². The van der Waals surface area contributed by atoms with E-state index in [0.29, 0.717) is 23.3 Å². The number of carbonyl (C=O) groups excluding carboxylic acids is 1. The van der Waals surface area contributed by atoms with E-state index in [0.717, 1.165) is 26.0 Å². The summed E-state index contributed by atoms with van der Waals surface area (Å²) >= 11 is 1.84. The standard InChI is InChI=1S/C12H21NO2S/c1-8(2)13-6-4-11(12(13)14)16-10-5-7-15-9(10)3/h8-11H,4-7H2,1-3H3/t9-,10-,11+/m1/s1. The third kappa shape index (κ3) is 2.38. The number of nitrogens with zero attached hydrogens (tertiary/aromatic N) is 1. The highest BCUT2D eigenvalue weighted by Crippen LogP contribution is 2.34. The van der Waals surface area contributed by atoms with E-state index in [2.05, 4.69) is 20.8 Å². The molecule has 3 atom stereocenters. The third-order valence-electron chi connectivity index (χ3n) is 3.46. The minimum Gasteiger partial charge on any atom is -0.377 e. The molecule has 2 saturated heterocycles. The molecule has 2 aliphatic heterocycles. The van der Waals surface area contributed by atoms with E-state index < -0.39 is 0 Å². The molecule has 0 spiro atoms. The topological polar surface area (TPSA) is 29.5 Å². The van der Waals surface area contributed by atoms with E-state index in [1.54, 1.807) is 0 Å². The van der Waals surface area contributed by atoms with Gasteiger partial charge in [0.05, 0.1) is 11.4 Å². The second-order valence-corrected chi connectivity index (χ2v) is 6.39. The van der Waals surface area contributed by atoms with Gasteiger partial charge in [0, 0.05) is 24.4 Å². The first-order valence-corrected chi connectivity index (χ1v) is 7.11. The summed E-state index contributed by atoms with van der Waals surface area (Å²) < 4.78 is 5.54. The van der Waals surface area contributed by atoms with E-state index in [-0.39, 0.29) is 5.25 Å². The number of thioether (sulfide) groups is 1. The molecule has 0 aliphatic carbocycles. The van der Waals surface area contributed by atoms with E-state index in [1.165, 1.54) is 0 Å². The van der Waals surface area contributed by atoms with Crippen LogP contribution in [0.5, 0.6) is 0 Å². The predicted octanol–water partition coefficient (Wildman–Crippen LogP) is 1.91. The first-order valence-electron chi connectivity index (χ1n) is 6.17. The lowest BCUT2D eigenvalue weighted by Gasteiger charge is -2.22. The molecule has 0 aromatic heterocycles. The van der Waals surface area contributed by atoms with Gasteiger partial charge in [-0.1, -0.05) is 0 Å². The highest BCUT2D eigenvalue weighted by atomic mass is 32.2. The molecule has 0 N–H and O–H groups in total. The van der Waals surface area contributed by atoms with Crippen LogP contribution < -0.4 is 0 Å². The van der Waals surface area contributed by atoms with Crippen molar-refractivity contribution in [3.63, 3.8) is 0 Å². The summed E-state index contributed by atoms with van der Waals surface area (Å²) in [4.78, 5) is 14.1. The second kappa shape index (κ2) is 4.96. The quantitative estimate of drug-likeness (QED) is 0.758. The first kappa shape index (κ1) is 12.2. The van der Waals surface area contributed by atoms with Crippen molar-refractivity contribution in [3.8, 4) is 0 Å². The third-order valence-corrected chi connectivity index (χ3v) is 5.19. The minimum absolute atomic E-state index is 0.177. The van der Waals surface area contributed by atoms with Gasteiger partial charge < -0.3 is 9.64 Å². The van der Waals surface area contributed by atoms with E-state index >= 15 is 0 Å². The summed E-state index contributed by atoms with van der Waals surface area (Å²) in [5.41, 5.74) is 0. The zero-order chi connectivity index (χ0) is 11.7. The molecule has 0 aromatic carbocycles. The molecule has 2 heterocycles. The van der Waals surface area contributed by atoms with Gasteiger partial charge in [0.15, 0.2) is 0 Å². The van der Waals surface area contributed by atoms with Crippen LogP contribution in [0.1, 0.15) is 33.6 Å². The van der Waals surface area contributed by atoms with Crippen LogP contribution in [0.3, 0.4) is 0 Å². The van der Waals surface area contributed by atoms with Crippen molar-refractivity contribution in [3.05, 3.63) is 0 Å². The summed E-state index contributed by atoms with van der Waals surface area (Å²) in [5.74, 6) is 0.333. The number of hydrogen-bond acceptors (Lipinski definition) is 3. The van der Waals surface area contributed by atoms with Gasteiger partial charge in [-0.15, -0.1) is 11.8 Å². The molecular formula is C12H21NO2S. The SMILES string of the molecule is CC(C)N1CC[C@H](S[C@@H]2CCO[C@@H]2C)C1=O. The number of likely N-dealkylation sites (tertiary alicyclic amines) is 1. The summed E-state index contributed by atoms with van der Waals surface area (Å²) in [7, 11) is 0. The minimum atomic E-state index is 0.177. The molecule has 0 saturated carbocycles. The van der Waals surface area contributed by atoms with Crippen molar-refractivity contribution < 1.29 is 9.53 Å². The van der Waals surface area contributed by atoms with Gasteiger partial charge in [0.25, 0.3) is 0 Å². The number of rotatable bonds is 3. The highest BCUT2D eigenvalue weighted by Gasteiger charge is 2.37. The van der Waals surface area contributed by atoms with Crippen LogP contribution in [-0.2, 0) is 9.53 Å². The van der Waals surface area contributed by atoms with Gasteiger partial charge in [-0.25, -0.2) is 0 Å². The van der Waals surface area contributed by atoms with E-state index in [4.69, 9.17) is 4.74 Å². The lowest BCUT2D eigenvalue weighted by molar-refractivity contribution is -0.128. The van der Waals surface area contributed by atoms with Crippen molar-refractivity contribution >= 4 is 17.7 Å². The average Bonchev–Trinajstić information content (AvgIpc) is 2.76. The fourth-order valence-corrected chi connectivity index (χ4v) is 3.86. The van der Waals surface area contributed by atoms with Crippen LogP contribution in [0.4, 0.5) is 0 Å². The predicted molar refractivity (Wildman–Crippen MR) is 66.7 cm³/mol. The van der Waals surface area contributed by atoms with E-state index in [9.17, 15) is 4.79 Å². The molecule has 0 unspecified atom stereocenters. The Morgan fingerprint density at radius 1 is 1.44 bits per heavy atom. The maximum absolute atomic E-state index is 12.1. The van der Waals surface area contributed by atoms with Crippen molar-refractivity contribution in [2.75, 3.05) is 13.2 Å². The Kier molecular flexibility index (Phi) is 3.80. The molecule has 0 radical (unpaired) electrons. The Morgan fingerprint density at radius 3 is 2.69 bits per heavy atom.